The third-order valence-corrected chi connectivity index (χ3v) is 2.90. The molecule has 13 heavy (non-hydrogen) atoms. The molecule has 3 heteroatoms. The molecular formula is C10H13ClN2. The van der Waals surface area contributed by atoms with Crippen molar-refractivity contribution in [1.29, 1.82) is 0 Å². The second-order valence-electron chi connectivity index (χ2n) is 3.47. The number of anilines is 1. The lowest BCUT2D eigenvalue weighted by Crippen LogP contribution is -2.08. The van der Waals surface area contributed by atoms with E-state index in [1.165, 1.54) is 12.0 Å². The van der Waals surface area contributed by atoms with Crippen molar-refractivity contribution < 1.29 is 0 Å². The molecule has 2 nitrogen and oxygen atoms in total. The van der Waals surface area contributed by atoms with E-state index in [0.29, 0.717) is 16.6 Å². The number of nitrogens with one attached hydrogen (secondary N) is 1. The molecular weight excluding hydrogens is 184 g/mol. The van der Waals surface area contributed by atoms with E-state index < -0.39 is 0 Å². The van der Waals surface area contributed by atoms with Gasteiger partial charge in [-0.05, 0) is 36.6 Å². The second-order valence-corrected chi connectivity index (χ2v) is 3.88. The van der Waals surface area contributed by atoms with Gasteiger partial charge >= 0.3 is 0 Å². The Morgan fingerprint density at radius 3 is 2.92 bits per heavy atom. The van der Waals surface area contributed by atoms with Crippen molar-refractivity contribution in [3.8, 4) is 0 Å². The Morgan fingerprint density at radius 2 is 2.31 bits per heavy atom. The molecule has 1 aromatic carbocycles. The van der Waals surface area contributed by atoms with Crippen molar-refractivity contribution >= 4 is 17.3 Å². The lowest BCUT2D eigenvalue weighted by atomic mass is 9.98. The zero-order chi connectivity index (χ0) is 9.26. The summed E-state index contributed by atoms with van der Waals surface area (Å²) in [5, 5.41) is 3.98. The van der Waals surface area contributed by atoms with Crippen LogP contribution in [0.4, 0.5) is 5.69 Å². The van der Waals surface area contributed by atoms with Crippen molar-refractivity contribution in [3.05, 3.63) is 28.8 Å². The molecule has 1 atom stereocenters. The van der Waals surface area contributed by atoms with Crippen LogP contribution < -0.4 is 11.1 Å². The average molecular weight is 197 g/mol. The fourth-order valence-corrected chi connectivity index (χ4v) is 1.87. The van der Waals surface area contributed by atoms with Crippen molar-refractivity contribution in [3.63, 3.8) is 0 Å². The smallest absolute Gasteiger partial charge is 0.0635 e. The summed E-state index contributed by atoms with van der Waals surface area (Å²) in [6.45, 7) is 2.16. The van der Waals surface area contributed by atoms with Gasteiger partial charge < -0.3 is 11.1 Å². The van der Waals surface area contributed by atoms with Gasteiger partial charge in [0, 0.05) is 6.54 Å². The summed E-state index contributed by atoms with van der Waals surface area (Å²) in [4.78, 5) is 0. The summed E-state index contributed by atoms with van der Waals surface area (Å²) in [7, 11) is 0. The largest absolute Gasteiger partial charge is 0.398 e. The summed E-state index contributed by atoms with van der Waals surface area (Å²) in [6, 6.07) is 5.93. The van der Waals surface area contributed by atoms with Crippen LogP contribution >= 0.6 is 11.6 Å². The number of benzene rings is 1. The fraction of sp³-hybridized carbons (Fsp3) is 0.400. The summed E-state index contributed by atoms with van der Waals surface area (Å²) >= 11 is 5.85. The fourth-order valence-electron chi connectivity index (χ4n) is 1.76. The van der Waals surface area contributed by atoms with Crippen molar-refractivity contribution in [1.82, 2.24) is 5.32 Å². The average Bonchev–Trinajstić information content (AvgIpc) is 2.62. The Labute approximate surface area is 83.1 Å². The molecule has 1 aromatic rings. The van der Waals surface area contributed by atoms with E-state index in [2.05, 4.69) is 11.4 Å². The van der Waals surface area contributed by atoms with E-state index in [4.69, 9.17) is 17.3 Å². The first-order chi connectivity index (χ1) is 6.27. The summed E-state index contributed by atoms with van der Waals surface area (Å²) in [6.07, 6.45) is 1.20. The number of rotatable bonds is 1. The van der Waals surface area contributed by atoms with Crippen LogP contribution in [0.3, 0.4) is 0 Å². The molecule has 3 N–H and O–H groups in total. The summed E-state index contributed by atoms with van der Waals surface area (Å²) in [5.41, 5.74) is 7.72. The van der Waals surface area contributed by atoms with Gasteiger partial charge in [-0.25, -0.2) is 0 Å². The number of nitrogens with two attached hydrogens (primary N) is 1. The number of hydrogen-bond acceptors (Lipinski definition) is 2. The van der Waals surface area contributed by atoms with E-state index in [0.717, 1.165) is 13.1 Å². The van der Waals surface area contributed by atoms with Crippen molar-refractivity contribution in [2.45, 2.75) is 12.3 Å². The normalized spacial score (nSPS) is 22.1. The molecule has 0 amide bonds. The van der Waals surface area contributed by atoms with Crippen LogP contribution in [0.15, 0.2) is 18.2 Å². The maximum absolute atomic E-state index is 5.85. The molecule has 1 saturated heterocycles. The lowest BCUT2D eigenvalue weighted by Gasteiger charge is -2.09. The van der Waals surface area contributed by atoms with E-state index in [1.807, 2.05) is 12.1 Å². The molecule has 1 aliphatic heterocycles. The van der Waals surface area contributed by atoms with Gasteiger partial charge in [-0.3, -0.25) is 0 Å². The minimum atomic E-state index is 0.611. The lowest BCUT2D eigenvalue weighted by molar-refractivity contribution is 0.764. The van der Waals surface area contributed by atoms with Crippen molar-refractivity contribution in [2.24, 2.45) is 0 Å². The topological polar surface area (TPSA) is 38.0 Å². The number of halogens is 1. The molecule has 0 aliphatic carbocycles. The maximum Gasteiger partial charge on any atom is 0.0635 e. The Bertz CT molecular complexity index is 306. The van der Waals surface area contributed by atoms with Crippen LogP contribution in [0, 0.1) is 0 Å². The predicted molar refractivity (Wildman–Crippen MR) is 56.1 cm³/mol. The zero-order valence-electron chi connectivity index (χ0n) is 7.39. The summed E-state index contributed by atoms with van der Waals surface area (Å²) in [5.74, 6) is 0.611. The van der Waals surface area contributed by atoms with E-state index >= 15 is 0 Å². The third-order valence-electron chi connectivity index (χ3n) is 2.55. The molecule has 2 rings (SSSR count). The highest BCUT2D eigenvalue weighted by Crippen LogP contribution is 2.27. The van der Waals surface area contributed by atoms with E-state index in [9.17, 15) is 0 Å². The first kappa shape index (κ1) is 8.85. The molecule has 70 valence electrons. The van der Waals surface area contributed by atoms with Gasteiger partial charge in [0.2, 0.25) is 0 Å². The highest BCUT2D eigenvalue weighted by atomic mass is 35.5. The van der Waals surface area contributed by atoms with E-state index in [-0.39, 0.29) is 0 Å². The van der Waals surface area contributed by atoms with Crippen LogP contribution in [-0.4, -0.2) is 13.1 Å². The first-order valence-corrected chi connectivity index (χ1v) is 4.91. The molecule has 0 spiro atoms. The molecule has 0 bridgehead atoms. The van der Waals surface area contributed by atoms with Gasteiger partial charge in [-0.15, -0.1) is 0 Å². The van der Waals surface area contributed by atoms with Gasteiger partial charge in [0.1, 0.15) is 0 Å². The third kappa shape index (κ3) is 1.79. The quantitative estimate of drug-likeness (QED) is 0.675. The SMILES string of the molecule is Nc1cc(C2CCNC2)ccc1Cl. The Balaban J connectivity index is 2.25. The molecule has 0 aromatic heterocycles. The Hall–Kier alpha value is -0.730. The van der Waals surface area contributed by atoms with Crippen LogP contribution in [0.5, 0.6) is 0 Å². The van der Waals surface area contributed by atoms with Crippen LogP contribution in [-0.2, 0) is 0 Å². The number of hydrogen-bond donors (Lipinski definition) is 2. The monoisotopic (exact) mass is 196 g/mol. The predicted octanol–water partition coefficient (Wildman–Crippen LogP) is 2.00. The molecule has 1 heterocycles. The minimum Gasteiger partial charge on any atom is -0.398 e. The molecule has 1 aliphatic rings. The number of nitrogen functional groups attached to an aromatic ring is 1. The van der Waals surface area contributed by atoms with Crippen LogP contribution in [0.2, 0.25) is 5.02 Å². The van der Waals surface area contributed by atoms with Crippen molar-refractivity contribution in [2.75, 3.05) is 18.8 Å². The standard InChI is InChI=1S/C10H13ClN2/c11-9-2-1-7(5-10(9)12)8-3-4-13-6-8/h1-2,5,8,13H,3-4,6,12H2. The zero-order valence-corrected chi connectivity index (χ0v) is 8.14. The first-order valence-electron chi connectivity index (χ1n) is 4.53. The highest BCUT2D eigenvalue weighted by molar-refractivity contribution is 6.33. The molecule has 1 fully saturated rings. The molecule has 1 unspecified atom stereocenters. The van der Waals surface area contributed by atoms with Gasteiger partial charge in [0.25, 0.3) is 0 Å². The van der Waals surface area contributed by atoms with Gasteiger partial charge in [-0.2, -0.15) is 0 Å². The highest BCUT2D eigenvalue weighted by Gasteiger charge is 2.16. The Kier molecular flexibility index (Phi) is 2.42. The molecule has 0 radical (unpaired) electrons. The second kappa shape index (κ2) is 3.56. The van der Waals surface area contributed by atoms with E-state index in [1.54, 1.807) is 0 Å². The molecule has 0 saturated carbocycles. The van der Waals surface area contributed by atoms with Gasteiger partial charge in [0.05, 0.1) is 10.7 Å². The van der Waals surface area contributed by atoms with Gasteiger partial charge in [0.15, 0.2) is 0 Å². The minimum absolute atomic E-state index is 0.611. The van der Waals surface area contributed by atoms with Crippen LogP contribution in [0.1, 0.15) is 17.9 Å². The summed E-state index contributed by atoms with van der Waals surface area (Å²) < 4.78 is 0. The Morgan fingerprint density at radius 1 is 1.46 bits per heavy atom. The van der Waals surface area contributed by atoms with Crippen LogP contribution in [0.25, 0.3) is 0 Å². The maximum atomic E-state index is 5.85. The van der Waals surface area contributed by atoms with Gasteiger partial charge in [-0.1, -0.05) is 17.7 Å².